The van der Waals surface area contributed by atoms with Crippen LogP contribution in [0.25, 0.3) is 0 Å². The largest absolute Gasteiger partial charge is 0.0776 e. The zero-order valence-electron chi connectivity index (χ0n) is 11.1. The van der Waals surface area contributed by atoms with Crippen LogP contribution in [-0.4, -0.2) is 0 Å². The van der Waals surface area contributed by atoms with Gasteiger partial charge < -0.3 is 0 Å². The Labute approximate surface area is 137 Å². The van der Waals surface area contributed by atoms with Crippen LogP contribution in [0.1, 0.15) is 136 Å². The van der Waals surface area contributed by atoms with Crippen molar-refractivity contribution in [3.8, 4) is 0 Å². The highest BCUT2D eigenvalue weighted by molar-refractivity contribution is 4.51. The van der Waals surface area contributed by atoms with Gasteiger partial charge in [0.1, 0.15) is 0 Å². The molecule has 0 radical (unpaired) electrons. The molecule has 0 nitrogen and oxygen atoms in total. The quantitative estimate of drug-likeness (QED) is 0.475. The lowest BCUT2D eigenvalue weighted by Gasteiger charge is -2.05. The Morgan fingerprint density at radius 2 is 0.600 bits per heavy atom. The van der Waals surface area contributed by atoms with Gasteiger partial charge in [0, 0.05) is 0 Å². The van der Waals surface area contributed by atoms with Gasteiger partial charge in [-0.3, -0.25) is 0 Å². The minimum absolute atomic E-state index is 0. The van der Waals surface area contributed by atoms with E-state index in [-0.39, 0.29) is 44.6 Å². The summed E-state index contributed by atoms with van der Waals surface area (Å²) in [6.07, 6.45) is 14.3. The van der Waals surface area contributed by atoms with Crippen LogP contribution >= 0.6 is 0 Å². The summed E-state index contributed by atoms with van der Waals surface area (Å²) >= 11 is 0. The van der Waals surface area contributed by atoms with Gasteiger partial charge in [0.25, 0.3) is 0 Å². The molecule has 0 spiro atoms. The van der Waals surface area contributed by atoms with Crippen molar-refractivity contribution >= 4 is 0 Å². The molecule has 20 heavy (non-hydrogen) atoms. The summed E-state index contributed by atoms with van der Waals surface area (Å²) in [6, 6.07) is 0. The van der Waals surface area contributed by atoms with Crippen LogP contribution in [0.5, 0.6) is 0 Å². The molecule has 0 aromatic rings. The Balaban J connectivity index is -0.0000000163. The molecule has 1 fully saturated rings. The van der Waals surface area contributed by atoms with Gasteiger partial charge in [-0.15, -0.1) is 0 Å². The molecule has 1 aliphatic carbocycles. The first kappa shape index (κ1) is 50.1. The van der Waals surface area contributed by atoms with Gasteiger partial charge in [-0.25, -0.2) is 0 Å². The first-order chi connectivity index (χ1) is 6.83. The fourth-order valence-corrected chi connectivity index (χ4v) is 1.41. The fourth-order valence-electron chi connectivity index (χ4n) is 1.41. The lowest BCUT2D eigenvalue weighted by molar-refractivity contribution is 0.504. The third-order valence-corrected chi connectivity index (χ3v) is 2.21. The average Bonchev–Trinajstić information content (AvgIpc) is 2.24. The highest BCUT2D eigenvalue weighted by Gasteiger charge is 1.95. The Kier molecular flexibility index (Phi) is 154. The second-order valence-electron chi connectivity index (χ2n) is 4.18. The molecule has 1 saturated carbocycles. The zero-order valence-corrected chi connectivity index (χ0v) is 11.1. The summed E-state index contributed by atoms with van der Waals surface area (Å²) in [5.41, 5.74) is 0. The Morgan fingerprint density at radius 3 is 0.650 bits per heavy atom. The molecule has 0 N–H and O–H groups in total. The maximum atomic E-state index is 2.21. The molecule has 0 unspecified atom stereocenters. The lowest BCUT2D eigenvalue weighted by Crippen LogP contribution is -1.85. The highest BCUT2D eigenvalue weighted by Crippen LogP contribution is 2.15. The Hall–Kier alpha value is 0. The van der Waals surface area contributed by atoms with Crippen molar-refractivity contribution < 1.29 is 0 Å². The number of hydrogen-bond acceptors (Lipinski definition) is 0. The van der Waals surface area contributed by atoms with Crippen molar-refractivity contribution in [3.63, 3.8) is 0 Å². The molecule has 0 atom stereocenters. The van der Waals surface area contributed by atoms with Gasteiger partial charge in [-0.1, -0.05) is 136 Å². The maximum Gasteiger partial charge on any atom is -0.0533 e. The smallest absolute Gasteiger partial charge is 0.0533 e. The van der Waals surface area contributed by atoms with E-state index in [9.17, 15) is 0 Å². The van der Waals surface area contributed by atoms with E-state index in [1.54, 1.807) is 0 Å². The van der Waals surface area contributed by atoms with Crippen molar-refractivity contribution in [2.45, 2.75) is 136 Å². The van der Waals surface area contributed by atoms with Crippen LogP contribution < -0.4 is 0 Å². The summed E-state index contributed by atoms with van der Waals surface area (Å²) in [4.78, 5) is 0. The zero-order chi connectivity index (χ0) is 11.1. The van der Waals surface area contributed by atoms with Crippen LogP contribution in [0.3, 0.4) is 0 Å². The van der Waals surface area contributed by atoms with Gasteiger partial charge in [0.2, 0.25) is 0 Å². The van der Waals surface area contributed by atoms with E-state index in [0.29, 0.717) is 0 Å². The maximum absolute atomic E-state index is 2.21. The predicted octanol–water partition coefficient (Wildman–Crippen LogP) is 9.77. The molecule has 0 heterocycles. The molecule has 0 aromatic carbocycles. The molecule has 0 bridgehead atoms. The SMILES string of the molecule is C.C.C.C.C.C.C1CCCCC1.CCC.CCCCC. The summed E-state index contributed by atoms with van der Waals surface area (Å²) in [6.45, 7) is 8.67. The van der Waals surface area contributed by atoms with Gasteiger partial charge >= 0.3 is 0 Å². The summed E-state index contributed by atoms with van der Waals surface area (Å²) in [5.74, 6) is 0. The molecule has 0 heteroatoms. The van der Waals surface area contributed by atoms with Crippen molar-refractivity contribution in [1.29, 1.82) is 0 Å². The van der Waals surface area contributed by atoms with Gasteiger partial charge in [-0.2, -0.15) is 0 Å². The van der Waals surface area contributed by atoms with Crippen molar-refractivity contribution in [1.82, 2.24) is 0 Å². The van der Waals surface area contributed by atoms with E-state index in [4.69, 9.17) is 0 Å². The molecule has 0 aromatic heterocycles. The first-order valence-electron chi connectivity index (χ1n) is 6.83. The van der Waals surface area contributed by atoms with Crippen LogP contribution in [0, 0.1) is 0 Å². The molecule has 136 valence electrons. The van der Waals surface area contributed by atoms with Crippen LogP contribution in [0.15, 0.2) is 0 Å². The third-order valence-electron chi connectivity index (χ3n) is 2.21. The van der Waals surface area contributed by atoms with E-state index in [0.717, 1.165) is 0 Å². The van der Waals surface area contributed by atoms with E-state index in [1.807, 2.05) is 0 Å². The molecule has 1 aliphatic rings. The van der Waals surface area contributed by atoms with Crippen LogP contribution in [0.4, 0.5) is 0 Å². The second kappa shape index (κ2) is 61.6. The Bertz CT molecular complexity index is 48.9. The minimum Gasteiger partial charge on any atom is -0.0776 e. The molecule has 1 rings (SSSR count). The number of hydrogen-bond donors (Lipinski definition) is 0. The van der Waals surface area contributed by atoms with Crippen molar-refractivity contribution in [3.05, 3.63) is 0 Å². The van der Waals surface area contributed by atoms with Crippen molar-refractivity contribution in [2.24, 2.45) is 0 Å². The molecular formula is C20H56. The second-order valence-corrected chi connectivity index (χ2v) is 4.18. The average molecular weight is 297 g/mol. The molecule has 0 amide bonds. The van der Waals surface area contributed by atoms with Crippen LogP contribution in [0.2, 0.25) is 0 Å². The number of unbranched alkanes of at least 4 members (excludes halogenated alkanes) is 2. The van der Waals surface area contributed by atoms with Gasteiger partial charge in [0.05, 0.1) is 0 Å². The monoisotopic (exact) mass is 296 g/mol. The first-order valence-corrected chi connectivity index (χ1v) is 6.83. The van der Waals surface area contributed by atoms with Gasteiger partial charge in [0.15, 0.2) is 0 Å². The van der Waals surface area contributed by atoms with E-state index in [1.165, 1.54) is 64.2 Å². The minimum atomic E-state index is 0. The van der Waals surface area contributed by atoms with Crippen LogP contribution in [-0.2, 0) is 0 Å². The lowest BCUT2D eigenvalue weighted by atomic mass is 10.0. The summed E-state index contributed by atoms with van der Waals surface area (Å²) in [7, 11) is 0. The standard InChI is InChI=1S/C6H12.C5H12.C3H8.6CH4/c1-2-4-6-5-3-1;1-3-5-4-2;1-3-2;;;;;;/h1-6H2;3-5H2,1-2H3;3H2,1-2H3;6*1H4. The van der Waals surface area contributed by atoms with Crippen molar-refractivity contribution in [2.75, 3.05) is 0 Å². The normalized spacial score (nSPS) is 10.2. The molecular weight excluding hydrogens is 240 g/mol. The molecule has 0 aliphatic heterocycles. The third kappa shape index (κ3) is 81.3. The van der Waals surface area contributed by atoms with E-state index >= 15 is 0 Å². The number of rotatable bonds is 2. The van der Waals surface area contributed by atoms with E-state index in [2.05, 4.69) is 27.7 Å². The highest BCUT2D eigenvalue weighted by atomic mass is 14.0. The summed E-state index contributed by atoms with van der Waals surface area (Å²) < 4.78 is 0. The fraction of sp³-hybridized carbons (Fsp3) is 1.00. The molecule has 0 saturated heterocycles. The van der Waals surface area contributed by atoms with Gasteiger partial charge in [-0.05, 0) is 0 Å². The summed E-state index contributed by atoms with van der Waals surface area (Å²) in [5, 5.41) is 0. The Morgan fingerprint density at radius 1 is 0.450 bits per heavy atom. The topological polar surface area (TPSA) is 0 Å². The van der Waals surface area contributed by atoms with E-state index < -0.39 is 0 Å². The predicted molar refractivity (Wildman–Crippen MR) is 109 cm³/mol.